The van der Waals surface area contributed by atoms with E-state index in [1.54, 1.807) is 11.7 Å². The standard InChI is InChI=1S/C17H23N5O2/c1-17(8-18)5-6-22(9-17)16(24)11-7-12(10-3-4-10)19-14-13(11)15(23)20-21(14)2/h7,10H,3-6,8-9,18H2,1-2H3,(H,20,23). The number of nitrogens with one attached hydrogen (secondary N) is 1. The van der Waals surface area contributed by atoms with Crippen LogP contribution in [0, 0.1) is 5.41 Å². The second kappa shape index (κ2) is 5.17. The highest BCUT2D eigenvalue weighted by molar-refractivity contribution is 6.05. The Hall–Kier alpha value is -2.15. The summed E-state index contributed by atoms with van der Waals surface area (Å²) in [5, 5.41) is 3.12. The van der Waals surface area contributed by atoms with Crippen LogP contribution < -0.4 is 11.3 Å². The number of rotatable bonds is 3. The van der Waals surface area contributed by atoms with E-state index >= 15 is 0 Å². The number of fused-ring (bicyclic) bond motifs is 1. The van der Waals surface area contributed by atoms with E-state index in [0.717, 1.165) is 25.0 Å². The zero-order valence-corrected chi connectivity index (χ0v) is 14.1. The Labute approximate surface area is 139 Å². The van der Waals surface area contributed by atoms with Gasteiger partial charge in [0.2, 0.25) is 0 Å². The van der Waals surface area contributed by atoms with E-state index in [-0.39, 0.29) is 16.9 Å². The van der Waals surface area contributed by atoms with Crippen molar-refractivity contribution in [3.05, 3.63) is 27.7 Å². The van der Waals surface area contributed by atoms with Crippen LogP contribution in [0.1, 0.15) is 48.2 Å². The van der Waals surface area contributed by atoms with E-state index in [4.69, 9.17) is 5.73 Å². The average molecular weight is 329 g/mol. The van der Waals surface area contributed by atoms with Gasteiger partial charge >= 0.3 is 0 Å². The second-order valence-corrected chi connectivity index (χ2v) is 7.56. The van der Waals surface area contributed by atoms with Crippen molar-refractivity contribution in [2.24, 2.45) is 18.2 Å². The highest BCUT2D eigenvalue weighted by atomic mass is 16.2. The van der Waals surface area contributed by atoms with Crippen molar-refractivity contribution in [2.45, 2.75) is 32.1 Å². The maximum atomic E-state index is 13.1. The van der Waals surface area contributed by atoms with Crippen molar-refractivity contribution < 1.29 is 4.79 Å². The van der Waals surface area contributed by atoms with E-state index in [2.05, 4.69) is 17.0 Å². The van der Waals surface area contributed by atoms with Gasteiger partial charge < -0.3 is 10.6 Å². The number of hydrogen-bond donors (Lipinski definition) is 2. The smallest absolute Gasteiger partial charge is 0.274 e. The molecule has 0 radical (unpaired) electrons. The largest absolute Gasteiger partial charge is 0.338 e. The summed E-state index contributed by atoms with van der Waals surface area (Å²) in [5.41, 5.74) is 7.52. The molecule has 7 nitrogen and oxygen atoms in total. The molecule has 128 valence electrons. The Bertz CT molecular complexity index is 879. The first kappa shape index (κ1) is 15.4. The molecule has 1 saturated carbocycles. The normalized spacial score (nSPS) is 24.0. The molecule has 3 heterocycles. The van der Waals surface area contributed by atoms with Crippen LogP contribution in [-0.4, -0.2) is 45.2 Å². The molecule has 1 aliphatic heterocycles. The lowest BCUT2D eigenvalue weighted by Gasteiger charge is -2.22. The average Bonchev–Trinajstić information content (AvgIpc) is 3.29. The minimum absolute atomic E-state index is 0.0375. The van der Waals surface area contributed by atoms with Crippen LogP contribution in [-0.2, 0) is 7.05 Å². The molecule has 1 amide bonds. The number of nitrogens with two attached hydrogens (primary N) is 1. The number of nitrogens with zero attached hydrogens (tertiary/aromatic N) is 3. The number of hydrogen-bond acceptors (Lipinski definition) is 4. The molecule has 0 bridgehead atoms. The molecule has 1 unspecified atom stereocenters. The van der Waals surface area contributed by atoms with Gasteiger partial charge in [-0.05, 0) is 37.3 Å². The summed E-state index contributed by atoms with van der Waals surface area (Å²) in [6, 6.07) is 1.83. The molecule has 2 aromatic heterocycles. The van der Waals surface area contributed by atoms with Gasteiger partial charge in [-0.1, -0.05) is 6.92 Å². The number of aromatic nitrogens is 3. The van der Waals surface area contributed by atoms with Gasteiger partial charge in [-0.15, -0.1) is 0 Å². The highest BCUT2D eigenvalue weighted by Crippen LogP contribution is 2.40. The lowest BCUT2D eigenvalue weighted by atomic mass is 9.90. The van der Waals surface area contributed by atoms with Gasteiger partial charge in [-0.25, -0.2) is 4.98 Å². The minimum Gasteiger partial charge on any atom is -0.338 e. The Morgan fingerprint density at radius 2 is 2.25 bits per heavy atom. The molecule has 1 atom stereocenters. The fraction of sp³-hybridized carbons (Fsp3) is 0.588. The van der Waals surface area contributed by atoms with Crippen molar-refractivity contribution in [1.29, 1.82) is 0 Å². The molecule has 3 N–H and O–H groups in total. The van der Waals surface area contributed by atoms with Gasteiger partial charge in [-0.2, -0.15) is 0 Å². The Balaban J connectivity index is 1.80. The second-order valence-electron chi connectivity index (χ2n) is 7.56. The molecule has 7 heteroatoms. The third-order valence-corrected chi connectivity index (χ3v) is 5.40. The van der Waals surface area contributed by atoms with Crippen LogP contribution in [0.5, 0.6) is 0 Å². The Morgan fingerprint density at radius 3 is 2.88 bits per heavy atom. The maximum absolute atomic E-state index is 13.1. The van der Waals surface area contributed by atoms with E-state index in [9.17, 15) is 9.59 Å². The minimum atomic E-state index is -0.258. The van der Waals surface area contributed by atoms with E-state index in [0.29, 0.717) is 42.1 Å². The predicted molar refractivity (Wildman–Crippen MR) is 91.0 cm³/mol. The molecule has 1 aliphatic carbocycles. The maximum Gasteiger partial charge on any atom is 0.274 e. The topological polar surface area (TPSA) is 97.0 Å². The zero-order chi connectivity index (χ0) is 17.1. The number of aryl methyl sites for hydroxylation is 1. The van der Waals surface area contributed by atoms with Crippen molar-refractivity contribution >= 4 is 16.9 Å². The van der Waals surface area contributed by atoms with Gasteiger partial charge in [0.25, 0.3) is 11.5 Å². The lowest BCUT2D eigenvalue weighted by molar-refractivity contribution is 0.0778. The van der Waals surface area contributed by atoms with E-state index in [1.165, 1.54) is 0 Å². The molecule has 2 aromatic rings. The number of carbonyl (C=O) groups excluding carboxylic acids is 1. The number of H-pyrrole nitrogens is 1. The first-order valence-corrected chi connectivity index (χ1v) is 8.51. The number of likely N-dealkylation sites (tertiary alicyclic amines) is 1. The number of pyridine rings is 1. The van der Waals surface area contributed by atoms with Crippen LogP contribution in [0.3, 0.4) is 0 Å². The molecular formula is C17H23N5O2. The molecule has 1 saturated heterocycles. The zero-order valence-electron chi connectivity index (χ0n) is 14.1. The summed E-state index contributed by atoms with van der Waals surface area (Å²) in [6.07, 6.45) is 3.09. The van der Waals surface area contributed by atoms with Gasteiger partial charge in [0, 0.05) is 31.7 Å². The SMILES string of the molecule is Cn1[nH]c(=O)c2c(C(=O)N3CCC(C)(CN)C3)cc(C3CC3)nc21. The van der Waals surface area contributed by atoms with Gasteiger partial charge in [0.05, 0.1) is 10.9 Å². The summed E-state index contributed by atoms with van der Waals surface area (Å²) in [6.45, 7) is 3.98. The monoisotopic (exact) mass is 329 g/mol. The summed E-state index contributed by atoms with van der Waals surface area (Å²) in [5.74, 6) is 0.331. The van der Waals surface area contributed by atoms with Crippen molar-refractivity contribution in [2.75, 3.05) is 19.6 Å². The van der Waals surface area contributed by atoms with Gasteiger partial charge in [0.15, 0.2) is 5.65 Å². The molecule has 2 fully saturated rings. The number of carbonyl (C=O) groups is 1. The summed E-state index contributed by atoms with van der Waals surface area (Å²) >= 11 is 0. The third-order valence-electron chi connectivity index (χ3n) is 5.40. The Morgan fingerprint density at radius 1 is 1.50 bits per heavy atom. The number of aromatic amines is 1. The molecule has 0 aromatic carbocycles. The van der Waals surface area contributed by atoms with E-state index in [1.807, 2.05) is 11.0 Å². The fourth-order valence-corrected chi connectivity index (χ4v) is 3.57. The number of amides is 1. The summed E-state index contributed by atoms with van der Waals surface area (Å²) in [4.78, 5) is 31.9. The third kappa shape index (κ3) is 2.34. The van der Waals surface area contributed by atoms with Crippen LogP contribution in [0.15, 0.2) is 10.9 Å². The molecule has 24 heavy (non-hydrogen) atoms. The van der Waals surface area contributed by atoms with Crippen LogP contribution in [0.2, 0.25) is 0 Å². The van der Waals surface area contributed by atoms with Crippen molar-refractivity contribution in [3.8, 4) is 0 Å². The first-order chi connectivity index (χ1) is 11.4. The highest BCUT2D eigenvalue weighted by Gasteiger charge is 2.37. The van der Waals surface area contributed by atoms with Crippen molar-refractivity contribution in [1.82, 2.24) is 19.7 Å². The van der Waals surface area contributed by atoms with Crippen LogP contribution in [0.4, 0.5) is 0 Å². The van der Waals surface area contributed by atoms with Crippen LogP contribution in [0.25, 0.3) is 11.0 Å². The molecule has 0 spiro atoms. The quantitative estimate of drug-likeness (QED) is 0.876. The fourth-order valence-electron chi connectivity index (χ4n) is 3.57. The van der Waals surface area contributed by atoms with Crippen molar-refractivity contribution in [3.63, 3.8) is 0 Å². The summed E-state index contributed by atoms with van der Waals surface area (Å²) in [7, 11) is 1.75. The Kier molecular flexibility index (Phi) is 3.32. The predicted octanol–water partition coefficient (Wildman–Crippen LogP) is 0.950. The van der Waals surface area contributed by atoms with Gasteiger partial charge in [0.1, 0.15) is 0 Å². The van der Waals surface area contributed by atoms with E-state index < -0.39 is 0 Å². The lowest BCUT2D eigenvalue weighted by Crippen LogP contribution is -2.35. The van der Waals surface area contributed by atoms with Crippen LogP contribution >= 0.6 is 0 Å². The summed E-state index contributed by atoms with van der Waals surface area (Å²) < 4.78 is 1.61. The van der Waals surface area contributed by atoms with Gasteiger partial charge in [-0.3, -0.25) is 19.4 Å². The first-order valence-electron chi connectivity index (χ1n) is 8.51. The molecule has 2 aliphatic rings. The molecular weight excluding hydrogens is 306 g/mol. The molecule has 4 rings (SSSR count).